The number of rotatable bonds is 6. The van der Waals surface area contributed by atoms with Crippen LogP contribution in [0.1, 0.15) is 36.1 Å². The van der Waals surface area contributed by atoms with Crippen LogP contribution in [0.15, 0.2) is 81.7 Å². The Labute approximate surface area is 278 Å². The van der Waals surface area contributed by atoms with Gasteiger partial charge in [-0.3, -0.25) is 4.90 Å². The van der Waals surface area contributed by atoms with E-state index in [1.807, 2.05) is 0 Å². The zero-order valence-corrected chi connectivity index (χ0v) is 28.3. The van der Waals surface area contributed by atoms with Gasteiger partial charge in [-0.15, -0.1) is 0 Å². The van der Waals surface area contributed by atoms with E-state index in [4.69, 9.17) is 24.5 Å². The van der Waals surface area contributed by atoms with E-state index in [2.05, 4.69) is 126 Å². The predicted molar refractivity (Wildman–Crippen MR) is 190 cm³/mol. The van der Waals surface area contributed by atoms with Crippen LogP contribution in [-0.2, 0) is 15.0 Å². The largest absolute Gasteiger partial charge is 0.378 e. The van der Waals surface area contributed by atoms with Gasteiger partial charge in [-0.25, -0.2) is 4.99 Å². The third-order valence-electron chi connectivity index (χ3n) is 9.71. The van der Waals surface area contributed by atoms with Gasteiger partial charge in [-0.2, -0.15) is 9.98 Å². The van der Waals surface area contributed by atoms with Crippen LogP contribution in [0.2, 0.25) is 0 Å². The van der Waals surface area contributed by atoms with Crippen LogP contribution in [0.25, 0.3) is 0 Å². The zero-order valence-electron chi connectivity index (χ0n) is 28.3. The second-order valence-corrected chi connectivity index (χ2v) is 12.7. The lowest BCUT2D eigenvalue weighted by Gasteiger charge is -2.51. The summed E-state index contributed by atoms with van der Waals surface area (Å²) in [6.07, 6.45) is 0. The maximum atomic E-state index is 5.84. The fraction of sp³-hybridized carbons (Fsp3) is 0.432. The lowest BCUT2D eigenvalue weighted by molar-refractivity contribution is 0.0609. The molecule has 0 spiro atoms. The van der Waals surface area contributed by atoms with E-state index < -0.39 is 5.54 Å². The number of aliphatic imine (C=N–C) groups is 3. The molecule has 1 atom stereocenters. The number of anilines is 2. The molecule has 0 bridgehead atoms. The molecule has 0 N–H and O–H groups in total. The molecule has 4 aliphatic heterocycles. The normalized spacial score (nSPS) is 21.0. The molecule has 7 rings (SSSR count). The van der Waals surface area contributed by atoms with Gasteiger partial charge in [0, 0.05) is 70.3 Å². The summed E-state index contributed by atoms with van der Waals surface area (Å²) in [4.78, 5) is 27.5. The quantitative estimate of drug-likeness (QED) is 0.383. The zero-order chi connectivity index (χ0) is 32.5. The van der Waals surface area contributed by atoms with Gasteiger partial charge in [0.1, 0.15) is 5.54 Å². The minimum Gasteiger partial charge on any atom is -0.378 e. The maximum Gasteiger partial charge on any atom is 0.237 e. The predicted octanol–water partition coefficient (Wildman–Crippen LogP) is 4.89. The summed E-state index contributed by atoms with van der Waals surface area (Å²) in [5.41, 5.74) is 6.99. The molecule has 47 heavy (non-hydrogen) atoms. The number of fused-ring (bicyclic) bond motifs is 2. The fourth-order valence-electron chi connectivity index (χ4n) is 7.11. The summed E-state index contributed by atoms with van der Waals surface area (Å²) in [6, 6.07) is 24.7. The summed E-state index contributed by atoms with van der Waals surface area (Å²) >= 11 is 0. The molecule has 1 unspecified atom stereocenters. The first-order valence-corrected chi connectivity index (χ1v) is 16.9. The summed E-state index contributed by atoms with van der Waals surface area (Å²) < 4.78 is 11.5. The molecule has 0 saturated carbocycles. The minimum absolute atomic E-state index is 0.641. The second-order valence-electron chi connectivity index (χ2n) is 12.7. The van der Waals surface area contributed by atoms with E-state index in [0.29, 0.717) is 38.3 Å². The maximum absolute atomic E-state index is 5.84. The highest BCUT2D eigenvalue weighted by Crippen LogP contribution is 2.51. The van der Waals surface area contributed by atoms with Crippen LogP contribution in [-0.4, -0.2) is 112 Å². The average Bonchev–Trinajstić information content (AvgIpc) is 3.12. The number of guanidine groups is 3. The molecular weight excluding hydrogens is 588 g/mol. The van der Waals surface area contributed by atoms with E-state index in [0.717, 1.165) is 79.0 Å². The first-order valence-electron chi connectivity index (χ1n) is 16.9. The van der Waals surface area contributed by atoms with E-state index in [1.165, 1.54) is 5.56 Å². The Morgan fingerprint density at radius 2 is 1.26 bits per heavy atom. The van der Waals surface area contributed by atoms with E-state index in [9.17, 15) is 0 Å². The van der Waals surface area contributed by atoms with Crippen molar-refractivity contribution in [3.8, 4) is 0 Å². The molecule has 0 radical (unpaired) electrons. The highest BCUT2D eigenvalue weighted by atomic mass is 16.5. The molecule has 3 aromatic carbocycles. The van der Waals surface area contributed by atoms with Gasteiger partial charge in [0.25, 0.3) is 0 Å². The SMILES string of the molecule is CCN(CC)c1ccc2c(c1)N=C1N=C(N3CCOCC3)N=C(N3CCOCC3)N1C2(c1ccc(C)cc1)c1ccc(N(C)C)cc1. The lowest BCUT2D eigenvalue weighted by Crippen LogP contribution is -2.63. The molecule has 2 saturated heterocycles. The summed E-state index contributed by atoms with van der Waals surface area (Å²) in [6.45, 7) is 13.9. The van der Waals surface area contributed by atoms with E-state index in [-0.39, 0.29) is 0 Å². The molecule has 2 fully saturated rings. The first kappa shape index (κ1) is 31.2. The third kappa shape index (κ3) is 5.53. The number of nitrogens with zero attached hydrogens (tertiary/aromatic N) is 8. The Morgan fingerprint density at radius 3 is 1.85 bits per heavy atom. The number of hydrogen-bond donors (Lipinski definition) is 0. The molecule has 0 aromatic heterocycles. The monoisotopic (exact) mass is 634 g/mol. The van der Waals surface area contributed by atoms with Gasteiger partial charge in [-0.1, -0.05) is 48.0 Å². The smallest absolute Gasteiger partial charge is 0.237 e. The number of aryl methyl sites for hydroxylation is 1. The Balaban J connectivity index is 1.54. The topological polar surface area (TPSA) is 71.7 Å². The van der Waals surface area contributed by atoms with Crippen LogP contribution >= 0.6 is 0 Å². The average molecular weight is 635 g/mol. The van der Waals surface area contributed by atoms with Gasteiger partial charge in [0.05, 0.1) is 32.1 Å². The van der Waals surface area contributed by atoms with Crippen molar-refractivity contribution in [2.24, 2.45) is 15.0 Å². The van der Waals surface area contributed by atoms with Crippen molar-refractivity contribution in [3.05, 3.63) is 89.0 Å². The Hall–Kier alpha value is -4.41. The molecule has 4 aliphatic rings. The van der Waals surface area contributed by atoms with Crippen LogP contribution in [0.3, 0.4) is 0 Å². The summed E-state index contributed by atoms with van der Waals surface area (Å²) in [7, 11) is 4.16. The second kappa shape index (κ2) is 13.0. The highest BCUT2D eigenvalue weighted by molar-refractivity contribution is 6.14. The standard InChI is InChI=1S/C37H46N8O2/c1-6-42(7-2)31-16-17-32-33(26-31)38-35-39-34(43-18-22-46-23-19-43)40-36(44-20-24-47-25-21-44)45(35)37(32,28-10-8-27(3)9-11-28)29-12-14-30(15-13-29)41(4)5/h8-17,26H,6-7,18-25H2,1-5H3. The van der Waals surface area contributed by atoms with Crippen molar-refractivity contribution in [2.45, 2.75) is 26.3 Å². The minimum atomic E-state index is -0.802. The molecule has 246 valence electrons. The molecule has 3 aromatic rings. The number of ether oxygens (including phenoxy) is 2. The first-order chi connectivity index (χ1) is 22.9. The van der Waals surface area contributed by atoms with E-state index >= 15 is 0 Å². The van der Waals surface area contributed by atoms with Crippen molar-refractivity contribution in [3.63, 3.8) is 0 Å². The van der Waals surface area contributed by atoms with Crippen LogP contribution in [0.5, 0.6) is 0 Å². The van der Waals surface area contributed by atoms with E-state index in [1.54, 1.807) is 0 Å². The number of morpholine rings is 2. The molecule has 10 nitrogen and oxygen atoms in total. The molecule has 4 heterocycles. The van der Waals surface area contributed by atoms with Gasteiger partial charge >= 0.3 is 0 Å². The highest BCUT2D eigenvalue weighted by Gasteiger charge is 2.52. The molecule has 10 heteroatoms. The Morgan fingerprint density at radius 1 is 0.681 bits per heavy atom. The van der Waals surface area contributed by atoms with Crippen molar-refractivity contribution >= 4 is 34.9 Å². The van der Waals surface area contributed by atoms with Gasteiger partial charge in [-0.05, 0) is 56.2 Å². The van der Waals surface area contributed by atoms with Crippen molar-refractivity contribution in [1.29, 1.82) is 0 Å². The van der Waals surface area contributed by atoms with Crippen LogP contribution in [0.4, 0.5) is 17.1 Å². The number of benzene rings is 3. The van der Waals surface area contributed by atoms with Crippen LogP contribution < -0.4 is 9.80 Å². The van der Waals surface area contributed by atoms with Gasteiger partial charge in [0.15, 0.2) is 0 Å². The van der Waals surface area contributed by atoms with Gasteiger partial charge < -0.3 is 29.1 Å². The lowest BCUT2D eigenvalue weighted by atomic mass is 9.73. The summed E-state index contributed by atoms with van der Waals surface area (Å²) in [5.74, 6) is 2.18. The van der Waals surface area contributed by atoms with Crippen molar-refractivity contribution < 1.29 is 9.47 Å². The molecule has 0 amide bonds. The third-order valence-corrected chi connectivity index (χ3v) is 9.71. The molecule has 0 aliphatic carbocycles. The Bertz CT molecular complexity index is 1670. The van der Waals surface area contributed by atoms with Crippen molar-refractivity contribution in [1.82, 2.24) is 14.7 Å². The Kier molecular flexibility index (Phi) is 8.63. The number of hydrogen-bond acceptors (Lipinski definition) is 10. The van der Waals surface area contributed by atoms with Crippen molar-refractivity contribution in [2.75, 3.05) is 89.6 Å². The molecular formula is C37H46N8O2. The fourth-order valence-corrected chi connectivity index (χ4v) is 7.11. The van der Waals surface area contributed by atoms with Gasteiger partial charge in [0.2, 0.25) is 17.9 Å². The summed E-state index contributed by atoms with van der Waals surface area (Å²) in [5, 5.41) is 0. The van der Waals surface area contributed by atoms with Crippen LogP contribution in [0, 0.1) is 6.92 Å².